The van der Waals surface area contributed by atoms with E-state index in [2.05, 4.69) is 323 Å². The Morgan fingerprint density at radius 3 is 0.638 bits per heavy atom. The molecule has 4 aromatic heterocycles. The Bertz CT molecular complexity index is 6330. The van der Waals surface area contributed by atoms with Crippen molar-refractivity contribution in [2.75, 3.05) is 0 Å². The number of fused-ring (bicyclic) bond motifs is 6. The molecule has 558 valence electrons. The summed E-state index contributed by atoms with van der Waals surface area (Å²) in [5.41, 5.74) is 39.7. The van der Waals surface area contributed by atoms with Crippen LogP contribution in [0, 0.1) is 83.1 Å². The van der Waals surface area contributed by atoms with Gasteiger partial charge in [-0.15, -0.1) is 0 Å². The summed E-state index contributed by atoms with van der Waals surface area (Å²) >= 11 is 0. The fourth-order valence-electron chi connectivity index (χ4n) is 18.8. The van der Waals surface area contributed by atoms with Crippen molar-refractivity contribution >= 4 is 43.6 Å². The molecule has 0 N–H and O–H groups in total. The summed E-state index contributed by atoms with van der Waals surface area (Å²) in [7, 11) is 0. The van der Waals surface area contributed by atoms with Gasteiger partial charge >= 0.3 is 0 Å². The van der Waals surface area contributed by atoms with Crippen LogP contribution in [0.4, 0.5) is 0 Å². The van der Waals surface area contributed by atoms with Crippen molar-refractivity contribution in [3.8, 4) is 146 Å². The highest BCUT2D eigenvalue weighted by molar-refractivity contribution is 6.15. The third-order valence-electron chi connectivity index (χ3n) is 23.3. The molecule has 0 radical (unpaired) electrons. The Kier molecular flexibility index (Phi) is 18.1. The largest absolute Gasteiger partial charge is 0.309 e. The first-order chi connectivity index (χ1) is 56.4. The van der Waals surface area contributed by atoms with Crippen LogP contribution in [-0.4, -0.2) is 39.0 Å². The molecular weight excluding hydrogens is 1410 g/mol. The van der Waals surface area contributed by atoms with Gasteiger partial charge in [0, 0.05) is 66.1 Å². The van der Waals surface area contributed by atoms with Crippen LogP contribution in [0.1, 0.15) is 66.8 Å². The van der Waals surface area contributed by atoms with Crippen LogP contribution in [0.5, 0.6) is 0 Å². The van der Waals surface area contributed by atoms with Gasteiger partial charge in [-0.1, -0.05) is 259 Å². The highest BCUT2D eigenvalue weighted by Gasteiger charge is 2.28. The summed E-state index contributed by atoms with van der Waals surface area (Å²) in [6.07, 6.45) is 0. The van der Waals surface area contributed by atoms with Crippen molar-refractivity contribution in [1.29, 1.82) is 0 Å². The Hall–Kier alpha value is -14.1. The summed E-state index contributed by atoms with van der Waals surface area (Å²) in [6, 6.07) is 110. The predicted octanol–water partition coefficient (Wildman–Crippen LogP) is 28.0. The van der Waals surface area contributed by atoms with E-state index in [4.69, 9.17) is 29.9 Å². The van der Waals surface area contributed by atoms with E-state index in [9.17, 15) is 0 Å². The number of rotatable bonds is 14. The minimum atomic E-state index is 0.533. The molecule has 0 amide bonds. The smallest absolute Gasteiger partial charge is 0.164 e. The first-order valence-corrected chi connectivity index (χ1v) is 40.0. The molecule has 0 saturated carbocycles. The molecule has 19 aromatic rings. The molecule has 0 aliphatic carbocycles. The molecule has 0 atom stereocenters. The van der Waals surface area contributed by atoms with Crippen molar-refractivity contribution in [3.05, 3.63) is 370 Å². The molecule has 0 aliphatic heterocycles. The van der Waals surface area contributed by atoms with Crippen LogP contribution >= 0.6 is 0 Å². The summed E-state index contributed by atoms with van der Waals surface area (Å²) in [5, 5.41) is 4.57. The van der Waals surface area contributed by atoms with Crippen LogP contribution < -0.4 is 0 Å². The van der Waals surface area contributed by atoms with Crippen molar-refractivity contribution in [3.63, 3.8) is 0 Å². The number of aryl methyl sites for hydroxylation is 12. The lowest BCUT2D eigenvalue weighted by Gasteiger charge is -2.21. The van der Waals surface area contributed by atoms with Gasteiger partial charge in [0.25, 0.3) is 0 Å². The SMILES string of the molecule is Cc1cc(C)c(-c2ccc3c(c2)c2cc(-c4c(C)cc(C)cc4C)ccc2n3-c2cccc(-c3nc(-c4ccccc4)nc(-c4ccccc4)n3)c2-c2cccc(-c3c(-c4nc(-c5ccccc5)nc(-c5ccccc5)n4)cccc3-n3c4ccc(-c5c(C)cc(C)cc5C)cc4c4cc(-c5c(C)cc(C)cc5C)ccc43)c2)c(C)c1. The molecule has 116 heavy (non-hydrogen) atoms. The van der Waals surface area contributed by atoms with Crippen LogP contribution in [-0.2, 0) is 0 Å². The summed E-state index contributed by atoms with van der Waals surface area (Å²) in [4.78, 5) is 33.0. The first-order valence-electron chi connectivity index (χ1n) is 40.0. The quantitative estimate of drug-likeness (QED) is 0.108. The zero-order chi connectivity index (χ0) is 79.3. The minimum Gasteiger partial charge on any atom is -0.309 e. The van der Waals surface area contributed by atoms with E-state index in [1.807, 2.05) is 72.8 Å². The molecule has 0 aliphatic rings. The van der Waals surface area contributed by atoms with E-state index >= 15 is 0 Å². The summed E-state index contributed by atoms with van der Waals surface area (Å²) in [5.74, 6) is 3.34. The van der Waals surface area contributed by atoms with Gasteiger partial charge < -0.3 is 9.13 Å². The lowest BCUT2D eigenvalue weighted by Crippen LogP contribution is -2.05. The lowest BCUT2D eigenvalue weighted by molar-refractivity contribution is 1.07. The van der Waals surface area contributed by atoms with Gasteiger partial charge in [-0.3, -0.25) is 0 Å². The maximum absolute atomic E-state index is 5.60. The Morgan fingerprint density at radius 2 is 0.388 bits per heavy atom. The van der Waals surface area contributed by atoms with E-state index in [0.717, 1.165) is 111 Å². The molecular formula is C108H86N8. The van der Waals surface area contributed by atoms with Gasteiger partial charge in [0.1, 0.15) is 0 Å². The highest BCUT2D eigenvalue weighted by Crippen LogP contribution is 2.49. The predicted molar refractivity (Wildman–Crippen MR) is 484 cm³/mol. The van der Waals surface area contributed by atoms with Gasteiger partial charge in [-0.05, 0) is 250 Å². The van der Waals surface area contributed by atoms with Gasteiger partial charge in [0.2, 0.25) is 0 Å². The molecule has 19 rings (SSSR count). The fourth-order valence-corrected chi connectivity index (χ4v) is 18.8. The number of hydrogen-bond acceptors (Lipinski definition) is 6. The van der Waals surface area contributed by atoms with Crippen molar-refractivity contribution in [2.45, 2.75) is 83.1 Å². The topological polar surface area (TPSA) is 87.2 Å². The Balaban J connectivity index is 0.928. The standard InChI is InChI=1S/C108H86N8/c1-63-50-67(5)97(68(6)51-63)81-42-46-91-87(59-81)88-60-82(98-69(7)52-64(2)53-70(98)8)43-47-92(88)115(91)95-40-26-38-85(107-111-103(75-28-17-13-18-29-75)109-104(112-107)76-30-19-14-20-31-76)101(95)79-36-25-37-80(58-79)102-86(108-113-105(77-32-21-15-22-33-77)110-106(114-108)78-34-23-16-24-35-78)39-27-41-96(102)116-93-48-44-83(99-71(9)54-65(3)55-72(99)10)61-89(93)90-62-84(45-49-94(90)116)100-73(11)56-66(4)57-74(100)12/h13-62H,1-12H3. The van der Waals surface area contributed by atoms with Crippen LogP contribution in [0.2, 0.25) is 0 Å². The van der Waals surface area contributed by atoms with Crippen molar-refractivity contribution < 1.29 is 0 Å². The molecule has 0 bridgehead atoms. The second kappa shape index (κ2) is 29.1. The normalized spacial score (nSPS) is 11.6. The van der Waals surface area contributed by atoms with Gasteiger partial charge in [0.05, 0.1) is 33.4 Å². The maximum Gasteiger partial charge on any atom is 0.164 e. The molecule has 15 aromatic carbocycles. The molecule has 0 spiro atoms. The van der Waals surface area contributed by atoms with Gasteiger partial charge in [-0.25, -0.2) is 29.9 Å². The Morgan fingerprint density at radius 1 is 0.172 bits per heavy atom. The average Bonchev–Trinajstić information content (AvgIpc) is 1.56. The van der Waals surface area contributed by atoms with E-state index in [1.54, 1.807) is 0 Å². The second-order valence-corrected chi connectivity index (χ2v) is 31.8. The summed E-state index contributed by atoms with van der Waals surface area (Å²) < 4.78 is 4.98. The summed E-state index contributed by atoms with van der Waals surface area (Å²) in [6.45, 7) is 26.7. The lowest BCUT2D eigenvalue weighted by atomic mass is 9.91. The van der Waals surface area contributed by atoms with Crippen LogP contribution in [0.3, 0.4) is 0 Å². The molecule has 0 saturated heterocycles. The molecule has 0 fully saturated rings. The van der Waals surface area contributed by atoms with Gasteiger partial charge in [0.15, 0.2) is 34.9 Å². The molecule has 8 heteroatoms. The zero-order valence-electron chi connectivity index (χ0n) is 67.4. The van der Waals surface area contributed by atoms with E-state index in [-0.39, 0.29) is 0 Å². The first kappa shape index (κ1) is 72.2. The van der Waals surface area contributed by atoms with Gasteiger partial charge in [-0.2, -0.15) is 0 Å². The molecule has 8 nitrogen and oxygen atoms in total. The van der Waals surface area contributed by atoms with Crippen molar-refractivity contribution in [2.24, 2.45) is 0 Å². The fraction of sp³-hybridized carbons (Fsp3) is 0.111. The number of hydrogen-bond donors (Lipinski definition) is 0. The third-order valence-corrected chi connectivity index (χ3v) is 23.3. The monoisotopic (exact) mass is 1490 g/mol. The number of aromatic nitrogens is 8. The third kappa shape index (κ3) is 12.8. The molecule has 4 heterocycles. The van der Waals surface area contributed by atoms with E-state index in [1.165, 1.54) is 111 Å². The second-order valence-electron chi connectivity index (χ2n) is 31.8. The molecule has 0 unspecified atom stereocenters. The van der Waals surface area contributed by atoms with E-state index in [0.29, 0.717) is 34.9 Å². The van der Waals surface area contributed by atoms with E-state index < -0.39 is 0 Å². The van der Waals surface area contributed by atoms with Crippen LogP contribution in [0.15, 0.2) is 303 Å². The minimum absolute atomic E-state index is 0.533. The Labute approximate surface area is 677 Å². The van der Waals surface area contributed by atoms with Crippen molar-refractivity contribution in [1.82, 2.24) is 39.0 Å². The average molecular weight is 1500 g/mol. The number of nitrogens with zero attached hydrogens (tertiary/aromatic N) is 8. The number of benzene rings is 15. The zero-order valence-corrected chi connectivity index (χ0v) is 67.4. The van der Waals surface area contributed by atoms with Crippen LogP contribution in [0.25, 0.3) is 190 Å². The maximum atomic E-state index is 5.60. The highest BCUT2D eigenvalue weighted by atomic mass is 15.1.